The number of nitrogens with one attached hydrogen (secondary N) is 1. The summed E-state index contributed by atoms with van der Waals surface area (Å²) in [7, 11) is 0. The van der Waals surface area contributed by atoms with Gasteiger partial charge in [0.05, 0.1) is 6.61 Å². The molecule has 1 aromatic rings. The quantitative estimate of drug-likeness (QED) is 0.858. The number of hydrogen-bond donors (Lipinski definition) is 1. The maximum atomic E-state index is 11.2. The Balaban J connectivity index is 2.41. The van der Waals surface area contributed by atoms with E-state index in [0.29, 0.717) is 23.2 Å². The second-order valence-corrected chi connectivity index (χ2v) is 4.06. The van der Waals surface area contributed by atoms with E-state index in [1.165, 1.54) is 0 Å². The molecule has 4 heteroatoms. The second-order valence-electron chi connectivity index (χ2n) is 3.62. The Morgan fingerprint density at radius 3 is 2.53 bits per heavy atom. The van der Waals surface area contributed by atoms with Gasteiger partial charge in [-0.05, 0) is 30.2 Å². The van der Waals surface area contributed by atoms with Crippen molar-refractivity contribution >= 4 is 23.4 Å². The van der Waals surface area contributed by atoms with Gasteiger partial charge in [-0.15, -0.1) is 0 Å². The van der Waals surface area contributed by atoms with E-state index < -0.39 is 6.09 Å². The summed E-state index contributed by atoms with van der Waals surface area (Å²) in [5.74, 6) is 0.334. The van der Waals surface area contributed by atoms with Crippen LogP contribution in [0.2, 0.25) is 5.02 Å². The molecule has 1 amide bonds. The minimum Gasteiger partial charge on any atom is -0.449 e. The van der Waals surface area contributed by atoms with Gasteiger partial charge in [-0.2, -0.15) is 0 Å². The largest absolute Gasteiger partial charge is 0.449 e. The number of carbonyl (C=O) groups excluding carboxylic acids is 1. The molecule has 0 aliphatic carbocycles. The second kappa shape index (κ2) is 5.61. The van der Waals surface area contributed by atoms with Gasteiger partial charge in [-0.1, -0.05) is 25.4 Å². The van der Waals surface area contributed by atoms with Crippen LogP contribution in [0.25, 0.3) is 0 Å². The standard InChI is InChI=1S/C11H14ClNO2/c1-8(2)7-15-11(14)13-10-5-3-9(12)4-6-10/h3-6,8H,7H2,1-2H3,(H,13,14). The number of benzene rings is 1. The molecule has 0 saturated carbocycles. The van der Waals surface area contributed by atoms with E-state index in [1.807, 2.05) is 13.8 Å². The summed E-state index contributed by atoms with van der Waals surface area (Å²) in [6.07, 6.45) is -0.439. The Labute approximate surface area is 94.4 Å². The molecule has 15 heavy (non-hydrogen) atoms. The number of anilines is 1. The van der Waals surface area contributed by atoms with Crippen molar-refractivity contribution in [2.75, 3.05) is 11.9 Å². The van der Waals surface area contributed by atoms with E-state index in [0.717, 1.165) is 0 Å². The SMILES string of the molecule is CC(C)COC(=O)Nc1ccc(Cl)cc1. The van der Waals surface area contributed by atoms with Gasteiger partial charge >= 0.3 is 6.09 Å². The first kappa shape index (κ1) is 11.9. The van der Waals surface area contributed by atoms with Crippen LogP contribution in [0.3, 0.4) is 0 Å². The number of hydrogen-bond acceptors (Lipinski definition) is 2. The third-order valence-corrected chi connectivity index (χ3v) is 1.89. The van der Waals surface area contributed by atoms with Gasteiger partial charge in [0, 0.05) is 10.7 Å². The normalized spacial score (nSPS) is 10.1. The highest BCUT2D eigenvalue weighted by Crippen LogP contribution is 2.13. The molecular weight excluding hydrogens is 214 g/mol. The van der Waals surface area contributed by atoms with Crippen molar-refractivity contribution in [1.82, 2.24) is 0 Å². The summed E-state index contributed by atoms with van der Waals surface area (Å²) < 4.78 is 4.95. The van der Waals surface area contributed by atoms with Crippen LogP contribution in [-0.2, 0) is 4.74 Å². The third-order valence-electron chi connectivity index (χ3n) is 1.64. The van der Waals surface area contributed by atoms with Crippen molar-refractivity contribution in [3.63, 3.8) is 0 Å². The fourth-order valence-electron chi connectivity index (χ4n) is 0.930. The van der Waals surface area contributed by atoms with Gasteiger partial charge in [0.15, 0.2) is 0 Å². The topological polar surface area (TPSA) is 38.3 Å². The average Bonchev–Trinajstić information content (AvgIpc) is 2.19. The number of ether oxygens (including phenoxy) is 1. The molecule has 82 valence electrons. The molecule has 1 aromatic carbocycles. The molecule has 0 radical (unpaired) electrons. The molecule has 1 N–H and O–H groups in total. The Hall–Kier alpha value is -1.22. The summed E-state index contributed by atoms with van der Waals surface area (Å²) in [5, 5.41) is 3.24. The Bertz CT molecular complexity index is 322. The zero-order valence-electron chi connectivity index (χ0n) is 8.79. The van der Waals surface area contributed by atoms with Gasteiger partial charge in [0.2, 0.25) is 0 Å². The highest BCUT2D eigenvalue weighted by atomic mass is 35.5. The molecule has 0 aliphatic heterocycles. The van der Waals surface area contributed by atoms with E-state index >= 15 is 0 Å². The van der Waals surface area contributed by atoms with Gasteiger partial charge in [0.1, 0.15) is 0 Å². The van der Waals surface area contributed by atoms with Gasteiger partial charge in [-0.25, -0.2) is 4.79 Å². The molecule has 0 heterocycles. The number of halogens is 1. The average molecular weight is 228 g/mol. The van der Waals surface area contributed by atoms with Crippen molar-refractivity contribution in [2.45, 2.75) is 13.8 Å². The van der Waals surface area contributed by atoms with Gasteiger partial charge < -0.3 is 4.74 Å². The molecule has 0 saturated heterocycles. The van der Waals surface area contributed by atoms with E-state index in [9.17, 15) is 4.79 Å². The van der Waals surface area contributed by atoms with Crippen LogP contribution in [-0.4, -0.2) is 12.7 Å². The lowest BCUT2D eigenvalue weighted by molar-refractivity contribution is 0.147. The van der Waals surface area contributed by atoms with Crippen LogP contribution in [0, 0.1) is 5.92 Å². The molecule has 0 fully saturated rings. The van der Waals surface area contributed by atoms with Crippen molar-refractivity contribution in [1.29, 1.82) is 0 Å². The first-order chi connectivity index (χ1) is 7.08. The smallest absolute Gasteiger partial charge is 0.411 e. The van der Waals surface area contributed by atoms with E-state index in [1.54, 1.807) is 24.3 Å². The monoisotopic (exact) mass is 227 g/mol. The minimum atomic E-state index is -0.439. The predicted molar refractivity (Wildman–Crippen MR) is 61.3 cm³/mol. The molecule has 1 rings (SSSR count). The summed E-state index contributed by atoms with van der Waals surface area (Å²) in [6.45, 7) is 4.38. The Morgan fingerprint density at radius 1 is 1.40 bits per heavy atom. The molecule has 0 aromatic heterocycles. The highest BCUT2D eigenvalue weighted by Gasteiger charge is 2.03. The Kier molecular flexibility index (Phi) is 4.43. The van der Waals surface area contributed by atoms with E-state index in [2.05, 4.69) is 5.32 Å². The summed E-state index contributed by atoms with van der Waals surface area (Å²) in [6, 6.07) is 6.86. The van der Waals surface area contributed by atoms with Crippen LogP contribution in [0.1, 0.15) is 13.8 Å². The number of amides is 1. The lowest BCUT2D eigenvalue weighted by Gasteiger charge is -2.08. The fourth-order valence-corrected chi connectivity index (χ4v) is 1.06. The summed E-state index contributed by atoms with van der Waals surface area (Å²) in [5.41, 5.74) is 0.674. The van der Waals surface area contributed by atoms with Crippen molar-refractivity contribution in [2.24, 2.45) is 5.92 Å². The number of carbonyl (C=O) groups is 1. The maximum absolute atomic E-state index is 11.2. The molecule has 0 bridgehead atoms. The molecule has 0 unspecified atom stereocenters. The van der Waals surface area contributed by atoms with E-state index in [-0.39, 0.29) is 0 Å². The van der Waals surface area contributed by atoms with Crippen molar-refractivity contribution in [3.8, 4) is 0 Å². The van der Waals surface area contributed by atoms with E-state index in [4.69, 9.17) is 16.3 Å². The summed E-state index contributed by atoms with van der Waals surface area (Å²) >= 11 is 5.71. The highest BCUT2D eigenvalue weighted by molar-refractivity contribution is 6.30. The van der Waals surface area contributed by atoms with Crippen molar-refractivity contribution < 1.29 is 9.53 Å². The minimum absolute atomic E-state index is 0.334. The van der Waals surface area contributed by atoms with Gasteiger partial charge in [0.25, 0.3) is 0 Å². The fraction of sp³-hybridized carbons (Fsp3) is 0.364. The zero-order valence-corrected chi connectivity index (χ0v) is 9.54. The molecule has 3 nitrogen and oxygen atoms in total. The summed E-state index contributed by atoms with van der Waals surface area (Å²) in [4.78, 5) is 11.2. The zero-order chi connectivity index (χ0) is 11.3. The lowest BCUT2D eigenvalue weighted by atomic mass is 10.2. The van der Waals surface area contributed by atoms with Crippen LogP contribution in [0.5, 0.6) is 0 Å². The van der Waals surface area contributed by atoms with Gasteiger partial charge in [-0.3, -0.25) is 5.32 Å². The third kappa shape index (κ3) is 4.70. The van der Waals surface area contributed by atoms with Crippen LogP contribution < -0.4 is 5.32 Å². The first-order valence-corrected chi connectivity index (χ1v) is 5.15. The lowest BCUT2D eigenvalue weighted by Crippen LogP contribution is -2.16. The molecule has 0 atom stereocenters. The van der Waals surface area contributed by atoms with Crippen LogP contribution >= 0.6 is 11.6 Å². The molecular formula is C11H14ClNO2. The Morgan fingerprint density at radius 2 is 2.00 bits per heavy atom. The number of rotatable bonds is 3. The van der Waals surface area contributed by atoms with Crippen molar-refractivity contribution in [3.05, 3.63) is 29.3 Å². The van der Waals surface area contributed by atoms with Crippen LogP contribution in [0.4, 0.5) is 10.5 Å². The van der Waals surface area contributed by atoms with Crippen LogP contribution in [0.15, 0.2) is 24.3 Å². The predicted octanol–water partition coefficient (Wildman–Crippen LogP) is 3.54. The first-order valence-electron chi connectivity index (χ1n) is 4.77. The molecule has 0 spiro atoms. The molecule has 0 aliphatic rings. The maximum Gasteiger partial charge on any atom is 0.411 e.